The molecule has 4 nitrogen and oxygen atoms in total. The molecule has 1 aromatic carbocycles. The highest BCUT2D eigenvalue weighted by Crippen LogP contribution is 2.27. The van der Waals surface area contributed by atoms with Crippen molar-refractivity contribution in [3.8, 4) is 5.75 Å². The van der Waals surface area contributed by atoms with E-state index in [1.54, 1.807) is 6.07 Å². The molecule has 132 valence electrons. The maximum absolute atomic E-state index is 11.6. The first-order chi connectivity index (χ1) is 11.5. The van der Waals surface area contributed by atoms with Gasteiger partial charge in [0.05, 0.1) is 11.6 Å². The van der Waals surface area contributed by atoms with E-state index >= 15 is 0 Å². The highest BCUT2D eigenvalue weighted by Gasteiger charge is 2.07. The van der Waals surface area contributed by atoms with Crippen LogP contribution in [0.3, 0.4) is 0 Å². The molecule has 6 heteroatoms. The van der Waals surface area contributed by atoms with Gasteiger partial charge in [-0.15, -0.1) is 0 Å². The zero-order valence-corrected chi connectivity index (χ0v) is 15.2. The van der Waals surface area contributed by atoms with E-state index < -0.39 is 11.9 Å². The summed E-state index contributed by atoms with van der Waals surface area (Å²) in [6, 6.07) is 4.52. The van der Waals surface area contributed by atoms with Gasteiger partial charge in [0.1, 0.15) is 0 Å². The number of rotatable bonds is 10. The first kappa shape index (κ1) is 20.5. The predicted molar refractivity (Wildman–Crippen MR) is 95.6 cm³/mol. The van der Waals surface area contributed by atoms with Crippen LogP contribution in [0.5, 0.6) is 5.75 Å². The lowest BCUT2D eigenvalue weighted by Gasteiger charge is -2.04. The average Bonchev–Trinajstić information content (AvgIpc) is 2.55. The Morgan fingerprint density at radius 2 is 1.67 bits per heavy atom. The van der Waals surface area contributed by atoms with Gasteiger partial charge in [-0.25, -0.2) is 9.59 Å². The van der Waals surface area contributed by atoms with Gasteiger partial charge in [0.25, 0.3) is 0 Å². The lowest BCUT2D eigenvalue weighted by atomic mass is 10.1. The fraction of sp³-hybridized carbons (Fsp3) is 0.444. The lowest BCUT2D eigenvalue weighted by molar-refractivity contribution is -0.138. The Balaban J connectivity index is 2.26. The highest BCUT2D eigenvalue weighted by atomic mass is 35.5. The maximum Gasteiger partial charge on any atom is 0.336 e. The Labute approximate surface area is 152 Å². The Bertz CT molecular complexity index is 570. The van der Waals surface area contributed by atoms with Crippen LogP contribution in [0.2, 0.25) is 10.0 Å². The van der Waals surface area contributed by atoms with Crippen LogP contribution in [0.25, 0.3) is 0 Å². The number of carbonyl (C=O) groups excluding carboxylic acids is 2. The summed E-state index contributed by atoms with van der Waals surface area (Å²) < 4.78 is 10.0. The summed E-state index contributed by atoms with van der Waals surface area (Å²) in [4.78, 5) is 23.1. The van der Waals surface area contributed by atoms with Crippen LogP contribution < -0.4 is 4.74 Å². The molecular formula is C18H22Cl2O4. The minimum Gasteiger partial charge on any atom is -0.463 e. The summed E-state index contributed by atoms with van der Waals surface area (Å²) in [6.07, 6.45) is 8.70. The van der Waals surface area contributed by atoms with Gasteiger partial charge in [-0.05, 0) is 18.6 Å². The van der Waals surface area contributed by atoms with Crippen LogP contribution in [0.4, 0.5) is 0 Å². The molecule has 0 aliphatic carbocycles. The number of benzene rings is 1. The smallest absolute Gasteiger partial charge is 0.336 e. The van der Waals surface area contributed by atoms with Crippen LogP contribution in [0.1, 0.15) is 45.4 Å². The largest absolute Gasteiger partial charge is 0.463 e. The van der Waals surface area contributed by atoms with Crippen LogP contribution in [-0.2, 0) is 14.3 Å². The first-order valence-electron chi connectivity index (χ1n) is 8.04. The molecule has 0 amide bonds. The second-order valence-corrected chi connectivity index (χ2v) is 6.11. The summed E-state index contributed by atoms with van der Waals surface area (Å²) in [6.45, 7) is 2.52. The van der Waals surface area contributed by atoms with Crippen molar-refractivity contribution in [3.63, 3.8) is 0 Å². The monoisotopic (exact) mass is 372 g/mol. The second kappa shape index (κ2) is 11.9. The predicted octanol–water partition coefficient (Wildman–Crippen LogP) is 5.36. The molecular weight excluding hydrogens is 351 g/mol. The maximum atomic E-state index is 11.6. The molecule has 0 heterocycles. The van der Waals surface area contributed by atoms with Crippen LogP contribution in [0, 0.1) is 0 Å². The Hall–Kier alpha value is -1.52. The van der Waals surface area contributed by atoms with Crippen molar-refractivity contribution in [1.29, 1.82) is 0 Å². The topological polar surface area (TPSA) is 52.6 Å². The minimum absolute atomic E-state index is 0.138. The van der Waals surface area contributed by atoms with Crippen LogP contribution >= 0.6 is 23.2 Å². The van der Waals surface area contributed by atoms with Gasteiger partial charge in [-0.3, -0.25) is 0 Å². The van der Waals surface area contributed by atoms with E-state index in [1.165, 1.54) is 31.4 Å². The Kier molecular flexibility index (Phi) is 10.2. The molecule has 0 aromatic heterocycles. The summed E-state index contributed by atoms with van der Waals surface area (Å²) in [7, 11) is 0. The zero-order chi connectivity index (χ0) is 17.8. The van der Waals surface area contributed by atoms with Crippen molar-refractivity contribution in [1.82, 2.24) is 0 Å². The van der Waals surface area contributed by atoms with Gasteiger partial charge in [0.2, 0.25) is 0 Å². The van der Waals surface area contributed by atoms with E-state index in [-0.39, 0.29) is 10.8 Å². The molecule has 1 aromatic rings. The van der Waals surface area contributed by atoms with E-state index in [9.17, 15) is 9.59 Å². The minimum atomic E-state index is -0.726. The van der Waals surface area contributed by atoms with Crippen molar-refractivity contribution >= 4 is 35.1 Å². The van der Waals surface area contributed by atoms with Crippen molar-refractivity contribution < 1.29 is 19.1 Å². The van der Waals surface area contributed by atoms with E-state index in [0.717, 1.165) is 31.4 Å². The molecule has 0 saturated carbocycles. The SMILES string of the molecule is CCCCCCCCOC(=O)/C=C/C(=O)Oc1cc(Cl)ccc1Cl. The van der Waals surface area contributed by atoms with Crippen molar-refractivity contribution in [3.05, 3.63) is 40.4 Å². The standard InChI is InChI=1S/C18H22Cl2O4/c1-2-3-4-5-6-7-12-23-17(21)10-11-18(22)24-16-13-14(19)8-9-15(16)20/h8-11,13H,2-7,12H2,1H3/b11-10+. The molecule has 0 aliphatic rings. The molecule has 0 aliphatic heterocycles. The molecule has 0 spiro atoms. The van der Waals surface area contributed by atoms with Crippen molar-refractivity contribution in [2.75, 3.05) is 6.61 Å². The zero-order valence-electron chi connectivity index (χ0n) is 13.7. The molecule has 0 N–H and O–H groups in total. The summed E-state index contributed by atoms with van der Waals surface area (Å²) in [5.41, 5.74) is 0. The van der Waals surface area contributed by atoms with Crippen LogP contribution in [0.15, 0.2) is 30.4 Å². The Morgan fingerprint density at radius 1 is 1.00 bits per heavy atom. The molecule has 0 bridgehead atoms. The summed E-state index contributed by atoms with van der Waals surface area (Å²) in [5.74, 6) is -1.16. The van der Waals surface area contributed by atoms with Crippen LogP contribution in [-0.4, -0.2) is 18.5 Å². The summed E-state index contributed by atoms with van der Waals surface area (Å²) in [5, 5.41) is 0.649. The summed E-state index contributed by atoms with van der Waals surface area (Å²) >= 11 is 11.7. The molecule has 0 atom stereocenters. The van der Waals surface area contributed by atoms with Crippen molar-refractivity contribution in [2.45, 2.75) is 45.4 Å². The molecule has 24 heavy (non-hydrogen) atoms. The Morgan fingerprint density at radius 3 is 2.42 bits per heavy atom. The number of hydrogen-bond acceptors (Lipinski definition) is 4. The second-order valence-electron chi connectivity index (χ2n) is 5.26. The number of halogens is 2. The van der Waals surface area contributed by atoms with Gasteiger partial charge in [0, 0.05) is 23.2 Å². The normalized spacial score (nSPS) is 10.8. The highest BCUT2D eigenvalue weighted by molar-refractivity contribution is 6.34. The van der Waals surface area contributed by atoms with Gasteiger partial charge in [-0.2, -0.15) is 0 Å². The van der Waals surface area contributed by atoms with Gasteiger partial charge in [0.15, 0.2) is 5.75 Å². The van der Waals surface area contributed by atoms with E-state index in [4.69, 9.17) is 32.7 Å². The third kappa shape index (κ3) is 8.94. The molecule has 0 radical (unpaired) electrons. The lowest BCUT2D eigenvalue weighted by Crippen LogP contribution is -2.07. The fourth-order valence-corrected chi connectivity index (χ4v) is 2.26. The van der Waals surface area contributed by atoms with E-state index in [1.807, 2.05) is 0 Å². The number of hydrogen-bond donors (Lipinski definition) is 0. The fourth-order valence-electron chi connectivity index (χ4n) is 1.94. The van der Waals surface area contributed by atoms with Crippen molar-refractivity contribution in [2.24, 2.45) is 0 Å². The third-order valence-electron chi connectivity index (χ3n) is 3.20. The number of ether oxygens (including phenoxy) is 2. The van der Waals surface area contributed by atoms with E-state index in [2.05, 4.69) is 6.92 Å². The molecule has 0 saturated heterocycles. The van der Waals surface area contributed by atoms with E-state index in [0.29, 0.717) is 11.6 Å². The van der Waals surface area contributed by atoms with Gasteiger partial charge >= 0.3 is 11.9 Å². The quantitative estimate of drug-likeness (QED) is 0.240. The first-order valence-corrected chi connectivity index (χ1v) is 8.80. The van der Waals surface area contributed by atoms with Gasteiger partial charge in [-0.1, -0.05) is 62.2 Å². The number of unbranched alkanes of at least 4 members (excludes halogenated alkanes) is 5. The number of carbonyl (C=O) groups is 2. The third-order valence-corrected chi connectivity index (χ3v) is 3.75. The average molecular weight is 373 g/mol. The molecule has 1 rings (SSSR count). The molecule has 0 fully saturated rings. The van der Waals surface area contributed by atoms with Gasteiger partial charge < -0.3 is 9.47 Å². The molecule has 0 unspecified atom stereocenters. The number of esters is 2.